The van der Waals surface area contributed by atoms with Gasteiger partial charge in [-0.3, -0.25) is 14.5 Å². The van der Waals surface area contributed by atoms with Gasteiger partial charge in [-0.15, -0.1) is 0 Å². The van der Waals surface area contributed by atoms with E-state index in [1.807, 2.05) is 65.6 Å². The number of hydrogen-bond donors (Lipinski definition) is 1. The number of nitrogens with one attached hydrogen (secondary N) is 1. The van der Waals surface area contributed by atoms with E-state index in [4.69, 9.17) is 17.0 Å². The van der Waals surface area contributed by atoms with Crippen molar-refractivity contribution in [3.63, 3.8) is 0 Å². The first-order valence-electron chi connectivity index (χ1n) is 11.2. The highest BCUT2D eigenvalue weighted by atomic mass is 32.1. The van der Waals surface area contributed by atoms with Crippen LogP contribution in [0.25, 0.3) is 0 Å². The maximum Gasteiger partial charge on any atom is 0.252 e. The van der Waals surface area contributed by atoms with E-state index in [0.29, 0.717) is 29.6 Å². The number of amides is 2. The van der Waals surface area contributed by atoms with Gasteiger partial charge in [0.1, 0.15) is 11.8 Å². The van der Waals surface area contributed by atoms with Crippen molar-refractivity contribution in [3.05, 3.63) is 96.1 Å². The molecule has 0 aliphatic carbocycles. The van der Waals surface area contributed by atoms with Gasteiger partial charge in [0.15, 0.2) is 5.11 Å². The highest BCUT2D eigenvalue weighted by molar-refractivity contribution is 7.80. The molecule has 0 aromatic heterocycles. The first-order valence-corrected chi connectivity index (χ1v) is 11.6. The van der Waals surface area contributed by atoms with Gasteiger partial charge in [0.25, 0.3) is 5.91 Å². The summed E-state index contributed by atoms with van der Waals surface area (Å²) >= 11 is 5.73. The van der Waals surface area contributed by atoms with E-state index in [1.165, 1.54) is 0 Å². The molecule has 2 amide bonds. The van der Waals surface area contributed by atoms with Crippen molar-refractivity contribution in [2.24, 2.45) is 0 Å². The number of benzene rings is 3. The van der Waals surface area contributed by atoms with Gasteiger partial charge >= 0.3 is 0 Å². The number of carbonyl (C=O) groups excluding carboxylic acids is 2. The average molecular weight is 474 g/mol. The van der Waals surface area contributed by atoms with Crippen LogP contribution < -0.4 is 10.1 Å². The van der Waals surface area contributed by atoms with Crippen molar-refractivity contribution in [2.45, 2.75) is 25.4 Å². The third-order valence-electron chi connectivity index (χ3n) is 5.82. The van der Waals surface area contributed by atoms with Crippen LogP contribution in [0.3, 0.4) is 0 Å². The van der Waals surface area contributed by atoms with Crippen LogP contribution in [0.4, 0.5) is 5.69 Å². The number of ether oxygens (including phenoxy) is 1. The van der Waals surface area contributed by atoms with E-state index < -0.39 is 6.04 Å². The largest absolute Gasteiger partial charge is 0.497 e. The van der Waals surface area contributed by atoms with Gasteiger partial charge < -0.3 is 15.0 Å². The van der Waals surface area contributed by atoms with Crippen LogP contribution in [0.5, 0.6) is 5.75 Å². The lowest BCUT2D eigenvalue weighted by molar-refractivity contribution is -0.131. The molecular weight excluding hydrogens is 446 g/mol. The molecule has 4 rings (SSSR count). The van der Waals surface area contributed by atoms with Gasteiger partial charge in [0, 0.05) is 12.2 Å². The Hall–Kier alpha value is -3.71. The lowest BCUT2D eigenvalue weighted by Gasteiger charge is -2.24. The van der Waals surface area contributed by atoms with Gasteiger partial charge in [-0.25, -0.2) is 0 Å². The Morgan fingerprint density at radius 3 is 2.18 bits per heavy atom. The summed E-state index contributed by atoms with van der Waals surface area (Å²) in [7, 11) is 1.59. The van der Waals surface area contributed by atoms with Gasteiger partial charge in [0.05, 0.1) is 20.1 Å². The summed E-state index contributed by atoms with van der Waals surface area (Å²) in [4.78, 5) is 29.8. The van der Waals surface area contributed by atoms with Crippen molar-refractivity contribution < 1.29 is 14.3 Å². The van der Waals surface area contributed by atoms with E-state index in [2.05, 4.69) is 5.32 Å². The number of rotatable bonds is 9. The van der Waals surface area contributed by atoms with E-state index in [9.17, 15) is 9.59 Å². The molecule has 0 saturated carbocycles. The second-order valence-electron chi connectivity index (χ2n) is 8.12. The summed E-state index contributed by atoms with van der Waals surface area (Å²) in [6.45, 7) is 0.942. The zero-order valence-corrected chi connectivity index (χ0v) is 19.8. The summed E-state index contributed by atoms with van der Waals surface area (Å²) in [6, 6.07) is 26.2. The molecule has 1 N–H and O–H groups in total. The van der Waals surface area contributed by atoms with E-state index >= 15 is 0 Å². The van der Waals surface area contributed by atoms with Gasteiger partial charge in [-0.05, 0) is 54.0 Å². The number of nitrogens with zero attached hydrogens (tertiary/aromatic N) is 2. The smallest absolute Gasteiger partial charge is 0.252 e. The molecule has 3 aromatic rings. The van der Waals surface area contributed by atoms with Crippen LogP contribution >= 0.6 is 12.2 Å². The normalized spacial score (nSPS) is 15.5. The number of carbonyl (C=O) groups is 2. The second kappa shape index (κ2) is 10.9. The summed E-state index contributed by atoms with van der Waals surface area (Å²) in [5.74, 6) is 0.322. The van der Waals surface area contributed by atoms with E-state index in [0.717, 1.165) is 17.5 Å². The van der Waals surface area contributed by atoms with Crippen molar-refractivity contribution in [1.29, 1.82) is 0 Å². The summed E-state index contributed by atoms with van der Waals surface area (Å²) in [5.41, 5.74) is 2.79. The maximum absolute atomic E-state index is 13.4. The minimum atomic E-state index is -0.641. The molecule has 1 heterocycles. The minimum absolute atomic E-state index is 0.0189. The Kier molecular flexibility index (Phi) is 7.54. The third kappa shape index (κ3) is 5.61. The van der Waals surface area contributed by atoms with E-state index in [-0.39, 0.29) is 18.2 Å². The Labute approximate surface area is 205 Å². The fraction of sp³-hybridized carbons (Fsp3) is 0.222. The van der Waals surface area contributed by atoms with Gasteiger partial charge in [0.2, 0.25) is 5.91 Å². The highest BCUT2D eigenvalue weighted by Crippen LogP contribution is 2.24. The Balaban J connectivity index is 1.49. The molecule has 0 spiro atoms. The topological polar surface area (TPSA) is 61.9 Å². The minimum Gasteiger partial charge on any atom is -0.497 e. The molecular formula is C27H27N3O3S. The molecule has 34 heavy (non-hydrogen) atoms. The van der Waals surface area contributed by atoms with Crippen LogP contribution in [0.15, 0.2) is 84.9 Å². The van der Waals surface area contributed by atoms with Crippen LogP contribution in [0.1, 0.15) is 17.5 Å². The maximum atomic E-state index is 13.4. The van der Waals surface area contributed by atoms with Crippen LogP contribution in [-0.2, 0) is 22.6 Å². The Bertz CT molecular complexity index is 1140. The molecule has 174 valence electrons. The molecule has 3 aromatic carbocycles. The molecule has 0 radical (unpaired) electrons. The Morgan fingerprint density at radius 2 is 1.56 bits per heavy atom. The molecule has 6 nitrogen and oxygen atoms in total. The zero-order valence-electron chi connectivity index (χ0n) is 19.0. The van der Waals surface area contributed by atoms with Crippen molar-refractivity contribution in [2.75, 3.05) is 19.0 Å². The molecule has 1 aliphatic heterocycles. The predicted molar refractivity (Wildman–Crippen MR) is 136 cm³/mol. The monoisotopic (exact) mass is 473 g/mol. The number of hydrogen-bond acceptors (Lipinski definition) is 4. The fourth-order valence-corrected chi connectivity index (χ4v) is 4.39. The fourth-order valence-electron chi connectivity index (χ4n) is 4.01. The average Bonchev–Trinajstić information content (AvgIpc) is 3.08. The van der Waals surface area contributed by atoms with Crippen LogP contribution in [-0.4, -0.2) is 46.4 Å². The lowest BCUT2D eigenvalue weighted by atomic mass is 10.1. The summed E-state index contributed by atoms with van der Waals surface area (Å²) < 4.78 is 5.16. The summed E-state index contributed by atoms with van der Waals surface area (Å²) in [6.07, 6.45) is 0.745. The molecule has 1 fully saturated rings. The standard InChI is InChI=1S/C27H27N3O3S/c1-33-23-14-12-22(13-15-23)28-25(31)18-24-26(32)30(19-21-10-6-3-7-11-21)27(34)29(24)17-16-20-8-4-2-5-9-20/h2-15,24H,16-19H2,1H3,(H,28,31)/t24-/m0/s1. The van der Waals surface area contributed by atoms with Crippen molar-refractivity contribution in [3.8, 4) is 5.75 Å². The SMILES string of the molecule is COc1ccc(NC(=O)C[C@H]2C(=O)N(Cc3ccccc3)C(=S)N2CCc2ccccc2)cc1. The predicted octanol–water partition coefficient (Wildman–Crippen LogP) is 4.26. The number of anilines is 1. The highest BCUT2D eigenvalue weighted by Gasteiger charge is 2.43. The summed E-state index contributed by atoms with van der Waals surface area (Å²) in [5, 5.41) is 3.34. The van der Waals surface area contributed by atoms with Gasteiger partial charge in [-0.1, -0.05) is 60.7 Å². The molecule has 1 saturated heterocycles. The molecule has 1 aliphatic rings. The molecule has 0 unspecified atom stereocenters. The van der Waals surface area contributed by atoms with Crippen LogP contribution in [0.2, 0.25) is 0 Å². The van der Waals surface area contributed by atoms with Crippen molar-refractivity contribution >= 4 is 34.8 Å². The lowest BCUT2D eigenvalue weighted by Crippen LogP contribution is -2.39. The van der Waals surface area contributed by atoms with Crippen LogP contribution in [0, 0.1) is 0 Å². The zero-order chi connectivity index (χ0) is 23.9. The molecule has 0 bridgehead atoms. The number of thiocarbonyl (C=S) groups is 1. The second-order valence-corrected chi connectivity index (χ2v) is 8.48. The van der Waals surface area contributed by atoms with Gasteiger partial charge in [-0.2, -0.15) is 0 Å². The molecule has 1 atom stereocenters. The van der Waals surface area contributed by atoms with Crippen molar-refractivity contribution in [1.82, 2.24) is 9.80 Å². The van der Waals surface area contributed by atoms with E-state index in [1.54, 1.807) is 36.3 Å². The third-order valence-corrected chi connectivity index (χ3v) is 6.28. The molecule has 7 heteroatoms. The first-order chi connectivity index (χ1) is 16.5. The quantitative estimate of drug-likeness (QED) is 0.471. The first kappa shape index (κ1) is 23.4. The number of methoxy groups -OCH3 is 1. The Morgan fingerprint density at radius 1 is 0.941 bits per heavy atom.